The fourth-order valence-electron chi connectivity index (χ4n) is 2.85. The van der Waals surface area contributed by atoms with Gasteiger partial charge in [-0.2, -0.15) is 4.98 Å². The highest BCUT2D eigenvalue weighted by Gasteiger charge is 2.25. The molecule has 132 valence electrons. The summed E-state index contributed by atoms with van der Waals surface area (Å²) in [6.45, 7) is 0. The molecule has 1 aliphatic rings. The van der Waals surface area contributed by atoms with Crippen molar-refractivity contribution in [2.45, 2.75) is 25.2 Å². The van der Waals surface area contributed by atoms with Crippen LogP contribution in [0.5, 0.6) is 5.75 Å². The molecule has 1 heterocycles. The van der Waals surface area contributed by atoms with Gasteiger partial charge >= 0.3 is 0 Å². The fourth-order valence-corrected chi connectivity index (χ4v) is 2.85. The third kappa shape index (κ3) is 3.31. The normalized spacial score (nSPS) is 13.9. The molecular weight excluding hydrogens is 330 g/mol. The summed E-state index contributed by atoms with van der Waals surface area (Å²) in [5.74, 6) is 2.15. The highest BCUT2D eigenvalue weighted by Crippen LogP contribution is 2.36. The second-order valence-corrected chi connectivity index (χ2v) is 6.35. The van der Waals surface area contributed by atoms with Crippen LogP contribution >= 0.6 is 0 Å². The first-order valence-corrected chi connectivity index (χ1v) is 8.62. The monoisotopic (exact) mass is 349 g/mol. The zero-order chi connectivity index (χ0) is 17.9. The van der Waals surface area contributed by atoms with Crippen LogP contribution in [0.1, 0.15) is 41.4 Å². The van der Waals surface area contributed by atoms with E-state index in [0.29, 0.717) is 28.9 Å². The van der Waals surface area contributed by atoms with E-state index in [1.165, 1.54) is 6.42 Å². The van der Waals surface area contributed by atoms with Crippen molar-refractivity contribution in [3.05, 3.63) is 60.0 Å². The van der Waals surface area contributed by atoms with Crippen molar-refractivity contribution < 1.29 is 14.1 Å². The number of anilines is 1. The van der Waals surface area contributed by atoms with Crippen molar-refractivity contribution in [3.8, 4) is 17.1 Å². The van der Waals surface area contributed by atoms with Gasteiger partial charge in [-0.05, 0) is 49.2 Å². The lowest BCUT2D eigenvalue weighted by molar-refractivity contribution is 0.102. The number of rotatable bonds is 5. The first-order valence-electron chi connectivity index (χ1n) is 8.62. The van der Waals surface area contributed by atoms with Crippen LogP contribution in [0.4, 0.5) is 5.69 Å². The second kappa shape index (κ2) is 7.00. The lowest BCUT2D eigenvalue weighted by Gasteiger charge is -2.20. The predicted molar refractivity (Wildman–Crippen MR) is 97.3 cm³/mol. The first-order chi connectivity index (χ1) is 12.7. The SMILES string of the molecule is COc1ccc(NC(=O)c2cccc(-c3noc(C4CCC4)n3)c2)cc1. The number of hydrogen-bond acceptors (Lipinski definition) is 5. The van der Waals surface area contributed by atoms with Crippen LogP contribution in [0.15, 0.2) is 53.1 Å². The molecule has 0 radical (unpaired) electrons. The molecule has 1 saturated carbocycles. The second-order valence-electron chi connectivity index (χ2n) is 6.35. The Morgan fingerprint density at radius 2 is 2.00 bits per heavy atom. The van der Waals surface area contributed by atoms with Crippen LogP contribution in [0.3, 0.4) is 0 Å². The molecule has 1 fully saturated rings. The number of carbonyl (C=O) groups excluding carboxylic acids is 1. The van der Waals surface area contributed by atoms with Gasteiger partial charge in [0.25, 0.3) is 5.91 Å². The summed E-state index contributed by atoms with van der Waals surface area (Å²) < 4.78 is 10.5. The Hall–Kier alpha value is -3.15. The Balaban J connectivity index is 1.50. The minimum atomic E-state index is -0.195. The van der Waals surface area contributed by atoms with Gasteiger partial charge < -0.3 is 14.6 Å². The van der Waals surface area contributed by atoms with E-state index in [9.17, 15) is 4.79 Å². The van der Waals surface area contributed by atoms with Gasteiger partial charge in [0.2, 0.25) is 11.7 Å². The van der Waals surface area contributed by atoms with E-state index in [1.54, 1.807) is 43.5 Å². The minimum Gasteiger partial charge on any atom is -0.497 e. The molecule has 6 heteroatoms. The molecule has 1 aliphatic carbocycles. The fraction of sp³-hybridized carbons (Fsp3) is 0.250. The van der Waals surface area contributed by atoms with Crippen molar-refractivity contribution in [3.63, 3.8) is 0 Å². The highest BCUT2D eigenvalue weighted by atomic mass is 16.5. The van der Waals surface area contributed by atoms with E-state index in [1.807, 2.05) is 12.1 Å². The van der Waals surface area contributed by atoms with Crippen molar-refractivity contribution in [1.29, 1.82) is 0 Å². The average Bonchev–Trinajstić information content (AvgIpc) is 3.10. The molecule has 1 amide bonds. The van der Waals surface area contributed by atoms with E-state index in [-0.39, 0.29) is 5.91 Å². The Kier molecular flexibility index (Phi) is 4.39. The molecule has 0 bridgehead atoms. The molecule has 0 unspecified atom stereocenters. The van der Waals surface area contributed by atoms with Gasteiger partial charge in [-0.3, -0.25) is 4.79 Å². The topological polar surface area (TPSA) is 77.2 Å². The summed E-state index contributed by atoms with van der Waals surface area (Å²) in [4.78, 5) is 17.0. The number of nitrogens with one attached hydrogen (secondary N) is 1. The maximum atomic E-state index is 12.5. The van der Waals surface area contributed by atoms with Crippen LogP contribution in [0.25, 0.3) is 11.4 Å². The number of aromatic nitrogens is 2. The van der Waals surface area contributed by atoms with Gasteiger partial charge in [-0.15, -0.1) is 0 Å². The number of nitrogens with zero attached hydrogens (tertiary/aromatic N) is 2. The number of ether oxygens (including phenoxy) is 1. The van der Waals surface area contributed by atoms with E-state index in [4.69, 9.17) is 9.26 Å². The Morgan fingerprint density at radius 3 is 2.69 bits per heavy atom. The molecule has 2 aromatic carbocycles. The van der Waals surface area contributed by atoms with Gasteiger partial charge in [-0.25, -0.2) is 0 Å². The smallest absolute Gasteiger partial charge is 0.255 e. The zero-order valence-corrected chi connectivity index (χ0v) is 14.4. The van der Waals surface area contributed by atoms with Crippen LogP contribution in [0.2, 0.25) is 0 Å². The van der Waals surface area contributed by atoms with Crippen molar-refractivity contribution >= 4 is 11.6 Å². The van der Waals surface area contributed by atoms with Crippen LogP contribution in [-0.4, -0.2) is 23.2 Å². The van der Waals surface area contributed by atoms with Crippen LogP contribution in [0, 0.1) is 0 Å². The molecule has 1 aromatic heterocycles. The minimum absolute atomic E-state index is 0.195. The van der Waals surface area contributed by atoms with Crippen molar-refractivity contribution in [2.24, 2.45) is 0 Å². The van der Waals surface area contributed by atoms with Gasteiger partial charge in [0.05, 0.1) is 7.11 Å². The number of methoxy groups -OCH3 is 1. The Labute approximate surface area is 151 Å². The Bertz CT molecular complexity index is 914. The number of amides is 1. The zero-order valence-electron chi connectivity index (χ0n) is 14.4. The van der Waals surface area contributed by atoms with E-state index >= 15 is 0 Å². The number of hydrogen-bond donors (Lipinski definition) is 1. The lowest BCUT2D eigenvalue weighted by Crippen LogP contribution is -2.11. The Morgan fingerprint density at radius 1 is 1.19 bits per heavy atom. The first kappa shape index (κ1) is 16.3. The van der Waals surface area contributed by atoms with Gasteiger partial charge in [0, 0.05) is 22.7 Å². The number of benzene rings is 2. The standard InChI is InChI=1S/C20H19N3O3/c1-25-17-10-8-16(9-11-17)21-19(24)15-7-3-6-14(12-15)18-22-20(26-23-18)13-4-2-5-13/h3,6-13H,2,4-5H2,1H3,(H,21,24). The molecule has 0 spiro atoms. The van der Waals surface area contributed by atoms with Crippen molar-refractivity contribution in [1.82, 2.24) is 10.1 Å². The quantitative estimate of drug-likeness (QED) is 0.744. The van der Waals surface area contributed by atoms with Crippen molar-refractivity contribution in [2.75, 3.05) is 12.4 Å². The third-order valence-electron chi connectivity index (χ3n) is 4.63. The molecule has 0 aliphatic heterocycles. The lowest BCUT2D eigenvalue weighted by atomic mass is 9.85. The van der Waals surface area contributed by atoms with Gasteiger partial charge in [0.15, 0.2) is 0 Å². The number of carbonyl (C=O) groups is 1. The summed E-state index contributed by atoms with van der Waals surface area (Å²) in [7, 11) is 1.60. The predicted octanol–water partition coefficient (Wildman–Crippen LogP) is 4.27. The summed E-state index contributed by atoms with van der Waals surface area (Å²) in [6, 6.07) is 14.4. The summed E-state index contributed by atoms with van der Waals surface area (Å²) in [5.41, 5.74) is 2.00. The van der Waals surface area contributed by atoms with Gasteiger partial charge in [-0.1, -0.05) is 23.7 Å². The maximum absolute atomic E-state index is 12.5. The molecule has 4 rings (SSSR count). The molecular formula is C20H19N3O3. The average molecular weight is 349 g/mol. The molecule has 0 saturated heterocycles. The molecule has 26 heavy (non-hydrogen) atoms. The summed E-state index contributed by atoms with van der Waals surface area (Å²) in [6.07, 6.45) is 3.42. The summed E-state index contributed by atoms with van der Waals surface area (Å²) in [5, 5.41) is 6.93. The maximum Gasteiger partial charge on any atom is 0.255 e. The van der Waals surface area contributed by atoms with E-state index in [2.05, 4.69) is 15.5 Å². The largest absolute Gasteiger partial charge is 0.497 e. The molecule has 1 N–H and O–H groups in total. The van der Waals surface area contributed by atoms with Crippen LogP contribution < -0.4 is 10.1 Å². The van der Waals surface area contributed by atoms with Gasteiger partial charge in [0.1, 0.15) is 5.75 Å². The van der Waals surface area contributed by atoms with Crippen LogP contribution in [-0.2, 0) is 0 Å². The molecule has 3 aromatic rings. The van der Waals surface area contributed by atoms with E-state index in [0.717, 1.165) is 24.2 Å². The van der Waals surface area contributed by atoms with E-state index < -0.39 is 0 Å². The molecule has 6 nitrogen and oxygen atoms in total. The molecule has 0 atom stereocenters. The highest BCUT2D eigenvalue weighted by molar-refractivity contribution is 6.04. The summed E-state index contributed by atoms with van der Waals surface area (Å²) >= 11 is 0. The third-order valence-corrected chi connectivity index (χ3v) is 4.63.